The van der Waals surface area contributed by atoms with Crippen molar-refractivity contribution in [3.8, 4) is 6.07 Å². The first kappa shape index (κ1) is 19.6. The SMILES string of the molecule is CCCCc1ccc(N2CSC3=C(C#N)[C@@H](c4ccccc4)CC(=O)N3C2)cc1. The van der Waals surface area contributed by atoms with Crippen molar-refractivity contribution in [2.75, 3.05) is 17.4 Å². The van der Waals surface area contributed by atoms with Crippen LogP contribution in [0.2, 0.25) is 0 Å². The Hall–Kier alpha value is -2.71. The zero-order valence-corrected chi connectivity index (χ0v) is 17.5. The normalized spacial score (nSPS) is 19.2. The summed E-state index contributed by atoms with van der Waals surface area (Å²) >= 11 is 1.59. The molecule has 29 heavy (non-hydrogen) atoms. The van der Waals surface area contributed by atoms with Crippen LogP contribution in [0.4, 0.5) is 5.69 Å². The summed E-state index contributed by atoms with van der Waals surface area (Å²) in [5, 5.41) is 10.7. The first-order valence-corrected chi connectivity index (χ1v) is 11.2. The van der Waals surface area contributed by atoms with E-state index in [1.54, 1.807) is 16.7 Å². The highest BCUT2D eigenvalue weighted by atomic mass is 32.2. The minimum Gasteiger partial charge on any atom is -0.344 e. The molecular weight excluding hydrogens is 378 g/mol. The molecule has 1 atom stereocenters. The molecule has 1 amide bonds. The van der Waals surface area contributed by atoms with E-state index in [9.17, 15) is 10.1 Å². The van der Waals surface area contributed by atoms with Crippen LogP contribution in [0, 0.1) is 11.3 Å². The van der Waals surface area contributed by atoms with Crippen LogP contribution in [0.5, 0.6) is 0 Å². The van der Waals surface area contributed by atoms with Gasteiger partial charge in [0.05, 0.1) is 29.2 Å². The van der Waals surface area contributed by atoms with E-state index in [4.69, 9.17) is 0 Å². The molecular formula is C24H25N3OS. The highest BCUT2D eigenvalue weighted by molar-refractivity contribution is 8.03. The molecule has 0 bridgehead atoms. The number of nitriles is 1. The number of allylic oxidation sites excluding steroid dienone is 1. The first-order valence-electron chi connectivity index (χ1n) is 10.2. The Morgan fingerprint density at radius 2 is 1.90 bits per heavy atom. The fourth-order valence-corrected chi connectivity index (χ4v) is 5.12. The number of fused-ring (bicyclic) bond motifs is 1. The lowest BCUT2D eigenvalue weighted by atomic mass is 9.86. The van der Waals surface area contributed by atoms with Crippen molar-refractivity contribution in [2.24, 2.45) is 0 Å². The van der Waals surface area contributed by atoms with Crippen molar-refractivity contribution >= 4 is 23.4 Å². The van der Waals surface area contributed by atoms with Gasteiger partial charge in [0.1, 0.15) is 0 Å². The largest absolute Gasteiger partial charge is 0.344 e. The molecule has 0 saturated carbocycles. The van der Waals surface area contributed by atoms with Gasteiger partial charge in [0.15, 0.2) is 0 Å². The molecule has 4 nitrogen and oxygen atoms in total. The lowest BCUT2D eigenvalue weighted by Crippen LogP contribution is -2.47. The summed E-state index contributed by atoms with van der Waals surface area (Å²) in [6.07, 6.45) is 3.85. The molecule has 2 aliphatic heterocycles. The van der Waals surface area contributed by atoms with Crippen molar-refractivity contribution in [1.29, 1.82) is 5.26 Å². The van der Waals surface area contributed by atoms with E-state index in [1.807, 2.05) is 30.3 Å². The minimum absolute atomic E-state index is 0.0876. The maximum atomic E-state index is 13.0. The van der Waals surface area contributed by atoms with Gasteiger partial charge in [0.2, 0.25) is 5.91 Å². The van der Waals surface area contributed by atoms with Crippen LogP contribution >= 0.6 is 11.8 Å². The van der Waals surface area contributed by atoms with Crippen LogP contribution in [0.25, 0.3) is 0 Å². The van der Waals surface area contributed by atoms with Gasteiger partial charge in [-0.25, -0.2) is 0 Å². The average molecular weight is 404 g/mol. The summed E-state index contributed by atoms with van der Waals surface area (Å²) in [6.45, 7) is 2.71. The monoisotopic (exact) mass is 403 g/mol. The number of hydrogen-bond acceptors (Lipinski definition) is 4. The van der Waals surface area contributed by atoms with Crippen molar-refractivity contribution in [3.63, 3.8) is 0 Å². The number of anilines is 1. The molecule has 0 aliphatic carbocycles. The Kier molecular flexibility index (Phi) is 5.92. The minimum atomic E-state index is -0.142. The number of carbonyl (C=O) groups excluding carboxylic acids is 1. The first-order chi connectivity index (χ1) is 14.2. The molecule has 0 spiro atoms. The summed E-state index contributed by atoms with van der Waals surface area (Å²) in [5.41, 5.74) is 4.23. The summed E-state index contributed by atoms with van der Waals surface area (Å²) in [5.74, 6) is 0.682. The quantitative estimate of drug-likeness (QED) is 0.684. The van der Waals surface area contributed by atoms with Gasteiger partial charge in [-0.15, -0.1) is 0 Å². The molecule has 2 aliphatic rings. The van der Waals surface area contributed by atoms with Crippen molar-refractivity contribution < 1.29 is 4.79 Å². The zero-order valence-electron chi connectivity index (χ0n) is 16.7. The number of carbonyl (C=O) groups is 1. The van der Waals surface area contributed by atoms with Crippen molar-refractivity contribution in [1.82, 2.24) is 4.90 Å². The Bertz CT molecular complexity index is 946. The third-order valence-corrected chi connectivity index (χ3v) is 6.77. The summed E-state index contributed by atoms with van der Waals surface area (Å²) in [6, 6.07) is 21.0. The fraction of sp³-hybridized carbons (Fsp3) is 0.333. The zero-order chi connectivity index (χ0) is 20.2. The predicted octanol–water partition coefficient (Wildman–Crippen LogP) is 5.25. The third kappa shape index (κ3) is 4.04. The van der Waals surface area contributed by atoms with Gasteiger partial charge in [0, 0.05) is 18.0 Å². The molecule has 0 aromatic heterocycles. The van der Waals surface area contributed by atoms with Gasteiger partial charge in [-0.3, -0.25) is 9.69 Å². The summed E-state index contributed by atoms with van der Waals surface area (Å²) < 4.78 is 0. The van der Waals surface area contributed by atoms with E-state index < -0.39 is 0 Å². The highest BCUT2D eigenvalue weighted by Gasteiger charge is 2.38. The molecule has 1 saturated heterocycles. The standard InChI is InChI=1S/C24H25N3OS/c1-2-3-7-18-10-12-20(13-11-18)26-16-27-23(28)14-21(19-8-5-4-6-9-19)22(15-25)24(27)29-17-26/h4-6,8-13,21H,2-3,7,14,16-17H2,1H3/t21-/m1/s1. The van der Waals surface area contributed by atoms with Crippen LogP contribution in [-0.2, 0) is 11.2 Å². The van der Waals surface area contributed by atoms with E-state index in [2.05, 4.69) is 42.2 Å². The predicted molar refractivity (Wildman–Crippen MR) is 118 cm³/mol. The summed E-state index contributed by atoms with van der Waals surface area (Å²) in [4.78, 5) is 17.0. The fourth-order valence-electron chi connectivity index (χ4n) is 3.95. The molecule has 0 N–H and O–H groups in total. The Morgan fingerprint density at radius 1 is 1.14 bits per heavy atom. The van der Waals surface area contributed by atoms with Crippen LogP contribution < -0.4 is 4.90 Å². The number of benzene rings is 2. The van der Waals surface area contributed by atoms with Crippen LogP contribution in [0.15, 0.2) is 65.2 Å². The Labute approximate surface area is 176 Å². The molecule has 4 rings (SSSR count). The maximum absolute atomic E-state index is 13.0. The maximum Gasteiger partial charge on any atom is 0.229 e. The smallest absolute Gasteiger partial charge is 0.229 e. The second-order valence-corrected chi connectivity index (χ2v) is 8.48. The number of unbranched alkanes of at least 4 members (excludes halogenated alkanes) is 1. The highest BCUT2D eigenvalue weighted by Crippen LogP contribution is 2.43. The number of thioether (sulfide) groups is 1. The number of hydrogen-bond donors (Lipinski definition) is 0. The van der Waals surface area contributed by atoms with Crippen LogP contribution in [0.3, 0.4) is 0 Å². The molecule has 148 valence electrons. The van der Waals surface area contributed by atoms with Crippen molar-refractivity contribution in [2.45, 2.75) is 38.5 Å². The van der Waals surface area contributed by atoms with E-state index >= 15 is 0 Å². The molecule has 2 aromatic carbocycles. The van der Waals surface area contributed by atoms with Gasteiger partial charge in [-0.1, -0.05) is 67.6 Å². The molecule has 0 unspecified atom stereocenters. The van der Waals surface area contributed by atoms with Gasteiger partial charge >= 0.3 is 0 Å². The van der Waals surface area contributed by atoms with Crippen LogP contribution in [0.1, 0.15) is 43.2 Å². The third-order valence-electron chi connectivity index (χ3n) is 5.62. The molecule has 0 radical (unpaired) electrons. The molecule has 5 heteroatoms. The average Bonchev–Trinajstić information content (AvgIpc) is 2.78. The van der Waals surface area contributed by atoms with Gasteiger partial charge in [0.25, 0.3) is 0 Å². The summed E-state index contributed by atoms with van der Waals surface area (Å²) in [7, 11) is 0. The second kappa shape index (κ2) is 8.75. The lowest BCUT2D eigenvalue weighted by molar-refractivity contribution is -0.129. The van der Waals surface area contributed by atoms with Crippen molar-refractivity contribution in [3.05, 3.63) is 76.3 Å². The van der Waals surface area contributed by atoms with Gasteiger partial charge in [-0.05, 0) is 36.1 Å². The Morgan fingerprint density at radius 3 is 2.59 bits per heavy atom. The molecule has 1 fully saturated rings. The van der Waals surface area contributed by atoms with Gasteiger partial charge < -0.3 is 4.90 Å². The molecule has 2 heterocycles. The number of amides is 1. The van der Waals surface area contributed by atoms with E-state index in [0.717, 1.165) is 34.2 Å². The Balaban J connectivity index is 1.56. The van der Waals surface area contributed by atoms with Crippen LogP contribution in [-0.4, -0.2) is 23.4 Å². The van der Waals surface area contributed by atoms with E-state index in [0.29, 0.717) is 13.1 Å². The van der Waals surface area contributed by atoms with Gasteiger partial charge in [-0.2, -0.15) is 5.26 Å². The van der Waals surface area contributed by atoms with E-state index in [1.165, 1.54) is 18.4 Å². The van der Waals surface area contributed by atoms with E-state index in [-0.39, 0.29) is 11.8 Å². The number of rotatable bonds is 5. The lowest BCUT2D eigenvalue weighted by Gasteiger charge is -2.42. The second-order valence-electron chi connectivity index (χ2n) is 7.54. The number of aryl methyl sites for hydroxylation is 1. The number of nitrogens with zero attached hydrogens (tertiary/aromatic N) is 3. The topological polar surface area (TPSA) is 47.3 Å². The molecule has 2 aromatic rings.